The second-order valence-corrected chi connectivity index (χ2v) is 6.59. The third-order valence-electron chi connectivity index (χ3n) is 4.21. The van der Waals surface area contributed by atoms with Gasteiger partial charge < -0.3 is 10.6 Å². The van der Waals surface area contributed by atoms with Gasteiger partial charge in [0.05, 0.1) is 0 Å². The number of hydrogen-bond donors (Lipinski definition) is 1. The van der Waals surface area contributed by atoms with E-state index in [2.05, 4.69) is 52.1 Å². The highest BCUT2D eigenvalue weighted by Crippen LogP contribution is 2.42. The molecule has 2 rings (SSSR count). The molecule has 18 heavy (non-hydrogen) atoms. The van der Waals surface area contributed by atoms with Crippen molar-refractivity contribution in [3.05, 3.63) is 34.3 Å². The normalized spacial score (nSPS) is 17.8. The lowest BCUT2D eigenvalue weighted by atomic mass is 9.66. The summed E-state index contributed by atoms with van der Waals surface area (Å²) in [6.45, 7) is 3.02. The van der Waals surface area contributed by atoms with Gasteiger partial charge in [0.2, 0.25) is 0 Å². The molecule has 0 atom stereocenters. The Balaban J connectivity index is 1.80. The molecule has 0 saturated heterocycles. The highest BCUT2D eigenvalue weighted by Gasteiger charge is 2.34. The molecule has 0 bridgehead atoms. The SMILES string of the molecule is CN(CCC1(CN)CCC1)Cc1cccc(Br)c1. The van der Waals surface area contributed by atoms with Gasteiger partial charge >= 0.3 is 0 Å². The Bertz CT molecular complexity index is 382. The summed E-state index contributed by atoms with van der Waals surface area (Å²) in [5.74, 6) is 0. The van der Waals surface area contributed by atoms with E-state index in [4.69, 9.17) is 5.73 Å². The van der Waals surface area contributed by atoms with Crippen LogP contribution in [0.3, 0.4) is 0 Å². The Morgan fingerprint density at radius 3 is 2.72 bits per heavy atom. The van der Waals surface area contributed by atoms with Crippen molar-refractivity contribution in [1.29, 1.82) is 0 Å². The largest absolute Gasteiger partial charge is 0.330 e. The maximum Gasteiger partial charge on any atom is 0.0231 e. The molecule has 3 heteroatoms. The van der Waals surface area contributed by atoms with E-state index in [0.29, 0.717) is 5.41 Å². The quantitative estimate of drug-likeness (QED) is 0.872. The Hall–Kier alpha value is -0.380. The first-order valence-corrected chi connectivity index (χ1v) is 7.56. The topological polar surface area (TPSA) is 29.3 Å². The lowest BCUT2D eigenvalue weighted by Crippen LogP contribution is -2.39. The van der Waals surface area contributed by atoms with Crippen LogP contribution >= 0.6 is 15.9 Å². The molecule has 0 amide bonds. The molecule has 1 saturated carbocycles. The minimum atomic E-state index is 0.464. The average Bonchev–Trinajstić information content (AvgIpc) is 2.28. The van der Waals surface area contributed by atoms with Gasteiger partial charge in [-0.1, -0.05) is 34.5 Å². The van der Waals surface area contributed by atoms with E-state index in [0.717, 1.165) is 24.1 Å². The van der Waals surface area contributed by atoms with Gasteiger partial charge in [-0.05, 0) is 62.5 Å². The number of rotatable bonds is 6. The van der Waals surface area contributed by atoms with Crippen molar-refractivity contribution in [2.45, 2.75) is 32.2 Å². The van der Waals surface area contributed by atoms with Crippen LogP contribution in [0.1, 0.15) is 31.2 Å². The fourth-order valence-corrected chi connectivity index (χ4v) is 3.13. The van der Waals surface area contributed by atoms with E-state index in [1.165, 1.54) is 31.2 Å². The van der Waals surface area contributed by atoms with Crippen LogP contribution in [0.15, 0.2) is 28.7 Å². The molecule has 0 unspecified atom stereocenters. The first-order chi connectivity index (χ1) is 8.63. The standard InChI is InChI=1S/C15H23BrN2/c1-18(9-8-15(12-17)6-3-7-15)11-13-4-2-5-14(16)10-13/h2,4-5,10H,3,6-9,11-12,17H2,1H3. The first-order valence-electron chi connectivity index (χ1n) is 6.77. The summed E-state index contributed by atoms with van der Waals surface area (Å²) in [5, 5.41) is 0. The molecule has 100 valence electrons. The number of hydrogen-bond acceptors (Lipinski definition) is 2. The van der Waals surface area contributed by atoms with Crippen LogP contribution in [0.4, 0.5) is 0 Å². The number of nitrogens with two attached hydrogens (primary N) is 1. The van der Waals surface area contributed by atoms with Crippen molar-refractivity contribution < 1.29 is 0 Å². The van der Waals surface area contributed by atoms with Crippen molar-refractivity contribution >= 4 is 15.9 Å². The molecule has 2 nitrogen and oxygen atoms in total. The van der Waals surface area contributed by atoms with Gasteiger partial charge in [0.25, 0.3) is 0 Å². The summed E-state index contributed by atoms with van der Waals surface area (Å²) >= 11 is 3.52. The average molecular weight is 311 g/mol. The van der Waals surface area contributed by atoms with Gasteiger partial charge in [0, 0.05) is 11.0 Å². The van der Waals surface area contributed by atoms with Crippen molar-refractivity contribution in [2.24, 2.45) is 11.1 Å². The van der Waals surface area contributed by atoms with E-state index in [1.807, 2.05) is 0 Å². The van der Waals surface area contributed by atoms with Gasteiger partial charge in [0.1, 0.15) is 0 Å². The summed E-state index contributed by atoms with van der Waals surface area (Å²) in [6, 6.07) is 8.55. The maximum atomic E-state index is 5.90. The van der Waals surface area contributed by atoms with E-state index in [-0.39, 0.29) is 0 Å². The van der Waals surface area contributed by atoms with Crippen LogP contribution in [0.25, 0.3) is 0 Å². The zero-order chi connectivity index (χ0) is 13.0. The third-order valence-corrected chi connectivity index (χ3v) is 4.71. The van der Waals surface area contributed by atoms with E-state index in [1.54, 1.807) is 0 Å². The summed E-state index contributed by atoms with van der Waals surface area (Å²) in [7, 11) is 2.20. The molecule has 2 N–H and O–H groups in total. The summed E-state index contributed by atoms with van der Waals surface area (Å²) in [6.07, 6.45) is 5.27. The summed E-state index contributed by atoms with van der Waals surface area (Å²) in [4.78, 5) is 2.40. The zero-order valence-electron chi connectivity index (χ0n) is 11.2. The Labute approximate surface area is 119 Å². The molecule has 0 heterocycles. The maximum absolute atomic E-state index is 5.90. The van der Waals surface area contributed by atoms with Crippen molar-refractivity contribution in [3.8, 4) is 0 Å². The van der Waals surface area contributed by atoms with Gasteiger partial charge in [0.15, 0.2) is 0 Å². The Morgan fingerprint density at radius 1 is 1.39 bits per heavy atom. The van der Waals surface area contributed by atoms with Gasteiger partial charge in [-0.15, -0.1) is 0 Å². The molecular formula is C15H23BrN2. The highest BCUT2D eigenvalue weighted by molar-refractivity contribution is 9.10. The third kappa shape index (κ3) is 3.56. The lowest BCUT2D eigenvalue weighted by Gasteiger charge is -2.42. The summed E-state index contributed by atoms with van der Waals surface area (Å²) < 4.78 is 1.16. The minimum Gasteiger partial charge on any atom is -0.330 e. The van der Waals surface area contributed by atoms with Crippen molar-refractivity contribution in [2.75, 3.05) is 20.1 Å². The second-order valence-electron chi connectivity index (χ2n) is 5.68. The van der Waals surface area contributed by atoms with Crippen LogP contribution in [0.2, 0.25) is 0 Å². The number of halogens is 1. The van der Waals surface area contributed by atoms with Gasteiger partial charge in [-0.3, -0.25) is 0 Å². The molecule has 1 fully saturated rings. The van der Waals surface area contributed by atoms with E-state index < -0.39 is 0 Å². The van der Waals surface area contributed by atoms with Crippen LogP contribution in [-0.2, 0) is 6.54 Å². The Kier molecular flexibility index (Phi) is 4.82. The predicted molar refractivity (Wildman–Crippen MR) is 80.4 cm³/mol. The van der Waals surface area contributed by atoms with Crippen LogP contribution in [-0.4, -0.2) is 25.0 Å². The Morgan fingerprint density at radius 2 is 2.17 bits per heavy atom. The van der Waals surface area contributed by atoms with Crippen LogP contribution in [0, 0.1) is 5.41 Å². The summed E-state index contributed by atoms with van der Waals surface area (Å²) in [5.41, 5.74) is 7.73. The molecule has 0 radical (unpaired) electrons. The van der Waals surface area contributed by atoms with E-state index >= 15 is 0 Å². The monoisotopic (exact) mass is 310 g/mol. The molecule has 0 aromatic heterocycles. The molecule has 1 aromatic carbocycles. The molecule has 1 aromatic rings. The van der Waals surface area contributed by atoms with Crippen molar-refractivity contribution in [1.82, 2.24) is 4.90 Å². The molecule has 0 aliphatic heterocycles. The zero-order valence-corrected chi connectivity index (χ0v) is 12.7. The molecule has 1 aliphatic rings. The number of nitrogens with zero attached hydrogens (tertiary/aromatic N) is 1. The molecular weight excluding hydrogens is 288 g/mol. The molecule has 0 spiro atoms. The molecule has 1 aliphatic carbocycles. The highest BCUT2D eigenvalue weighted by atomic mass is 79.9. The smallest absolute Gasteiger partial charge is 0.0231 e. The minimum absolute atomic E-state index is 0.464. The van der Waals surface area contributed by atoms with Crippen LogP contribution < -0.4 is 5.73 Å². The number of benzene rings is 1. The first kappa shape index (κ1) is 14.0. The second kappa shape index (κ2) is 6.18. The van der Waals surface area contributed by atoms with Gasteiger partial charge in [-0.2, -0.15) is 0 Å². The van der Waals surface area contributed by atoms with Crippen LogP contribution in [0.5, 0.6) is 0 Å². The van der Waals surface area contributed by atoms with E-state index in [9.17, 15) is 0 Å². The fourth-order valence-electron chi connectivity index (χ4n) is 2.69. The predicted octanol–water partition coefficient (Wildman–Crippen LogP) is 3.40. The fraction of sp³-hybridized carbons (Fsp3) is 0.600. The van der Waals surface area contributed by atoms with Gasteiger partial charge in [-0.25, -0.2) is 0 Å². The van der Waals surface area contributed by atoms with Crippen molar-refractivity contribution in [3.63, 3.8) is 0 Å². The lowest BCUT2D eigenvalue weighted by molar-refractivity contribution is 0.111.